The Balaban J connectivity index is 2.44. The van der Waals surface area contributed by atoms with Gasteiger partial charge in [-0.15, -0.1) is 0 Å². The molecule has 0 aliphatic carbocycles. The van der Waals surface area contributed by atoms with E-state index in [1.54, 1.807) is 6.20 Å². The molecule has 1 N–H and O–H groups in total. The fraction of sp³-hybridized carbons (Fsp3) is 0.455. The third-order valence-corrected chi connectivity index (χ3v) is 1.73. The molecule has 0 radical (unpaired) electrons. The second-order valence-corrected chi connectivity index (χ2v) is 3.49. The first-order valence-electron chi connectivity index (χ1n) is 4.88. The number of aromatic nitrogens is 2. The van der Waals surface area contributed by atoms with E-state index in [-0.39, 0.29) is 0 Å². The zero-order valence-electron chi connectivity index (χ0n) is 8.99. The van der Waals surface area contributed by atoms with Gasteiger partial charge in [0.05, 0.1) is 5.69 Å². The van der Waals surface area contributed by atoms with Crippen LogP contribution < -0.4 is 5.32 Å². The van der Waals surface area contributed by atoms with Crippen molar-refractivity contribution in [1.82, 2.24) is 15.3 Å². The Labute approximate surface area is 85.3 Å². The van der Waals surface area contributed by atoms with Crippen molar-refractivity contribution in [1.29, 1.82) is 0 Å². The van der Waals surface area contributed by atoms with E-state index >= 15 is 0 Å². The van der Waals surface area contributed by atoms with Crippen LogP contribution in [0.2, 0.25) is 0 Å². The number of aryl methyl sites for hydroxylation is 1. The van der Waals surface area contributed by atoms with E-state index in [1.165, 1.54) is 0 Å². The fourth-order valence-electron chi connectivity index (χ4n) is 1.05. The van der Waals surface area contributed by atoms with Gasteiger partial charge in [-0.05, 0) is 19.1 Å². The molecule has 0 bridgehead atoms. The number of rotatable bonds is 4. The van der Waals surface area contributed by atoms with Crippen LogP contribution in [0.25, 0.3) is 6.08 Å². The molecule has 14 heavy (non-hydrogen) atoms. The SMILES string of the molecule is Cc1nccc(/C=C/CNC(C)C)n1. The van der Waals surface area contributed by atoms with Gasteiger partial charge in [0, 0.05) is 18.8 Å². The summed E-state index contributed by atoms with van der Waals surface area (Å²) in [6, 6.07) is 2.42. The van der Waals surface area contributed by atoms with Crippen LogP contribution in [-0.2, 0) is 0 Å². The van der Waals surface area contributed by atoms with Gasteiger partial charge in [-0.25, -0.2) is 9.97 Å². The molecule has 0 atom stereocenters. The van der Waals surface area contributed by atoms with E-state index in [0.29, 0.717) is 6.04 Å². The van der Waals surface area contributed by atoms with Gasteiger partial charge in [-0.3, -0.25) is 0 Å². The second kappa shape index (κ2) is 5.50. The van der Waals surface area contributed by atoms with Crippen molar-refractivity contribution in [2.75, 3.05) is 6.54 Å². The summed E-state index contributed by atoms with van der Waals surface area (Å²) in [6.07, 6.45) is 5.85. The minimum Gasteiger partial charge on any atom is -0.311 e. The molecule has 1 rings (SSSR count). The summed E-state index contributed by atoms with van der Waals surface area (Å²) in [5.74, 6) is 0.809. The minimum atomic E-state index is 0.520. The van der Waals surface area contributed by atoms with Crippen molar-refractivity contribution in [3.05, 3.63) is 29.9 Å². The number of nitrogens with one attached hydrogen (secondary N) is 1. The van der Waals surface area contributed by atoms with Gasteiger partial charge in [0.25, 0.3) is 0 Å². The van der Waals surface area contributed by atoms with Gasteiger partial charge >= 0.3 is 0 Å². The number of hydrogen-bond acceptors (Lipinski definition) is 3. The summed E-state index contributed by atoms with van der Waals surface area (Å²) in [5, 5.41) is 3.30. The first kappa shape index (κ1) is 10.9. The Kier molecular flexibility index (Phi) is 4.26. The minimum absolute atomic E-state index is 0.520. The number of hydrogen-bond donors (Lipinski definition) is 1. The highest BCUT2D eigenvalue weighted by atomic mass is 14.9. The zero-order valence-corrected chi connectivity index (χ0v) is 8.99. The van der Waals surface area contributed by atoms with Crippen LogP contribution in [0.15, 0.2) is 18.3 Å². The summed E-state index contributed by atoms with van der Waals surface area (Å²) >= 11 is 0. The normalized spacial score (nSPS) is 11.4. The van der Waals surface area contributed by atoms with Crippen molar-refractivity contribution in [3.8, 4) is 0 Å². The lowest BCUT2D eigenvalue weighted by molar-refractivity contribution is 0.633. The molecule has 1 aromatic rings. The molecule has 0 unspecified atom stereocenters. The van der Waals surface area contributed by atoms with E-state index in [4.69, 9.17) is 0 Å². The van der Waals surface area contributed by atoms with Gasteiger partial charge in [0.15, 0.2) is 0 Å². The molecule has 0 spiro atoms. The summed E-state index contributed by atoms with van der Waals surface area (Å²) in [5.41, 5.74) is 0.961. The molecule has 3 heteroatoms. The Morgan fingerprint density at radius 3 is 2.93 bits per heavy atom. The average Bonchev–Trinajstić information content (AvgIpc) is 2.12. The molecular formula is C11H17N3. The van der Waals surface area contributed by atoms with Crippen LogP contribution in [0.1, 0.15) is 25.4 Å². The second-order valence-electron chi connectivity index (χ2n) is 3.49. The fourth-order valence-corrected chi connectivity index (χ4v) is 1.05. The Bertz CT molecular complexity index is 305. The highest BCUT2D eigenvalue weighted by Crippen LogP contribution is 1.96. The topological polar surface area (TPSA) is 37.8 Å². The van der Waals surface area contributed by atoms with Gasteiger partial charge in [-0.2, -0.15) is 0 Å². The highest BCUT2D eigenvalue weighted by molar-refractivity contribution is 5.43. The Morgan fingerprint density at radius 2 is 2.29 bits per heavy atom. The van der Waals surface area contributed by atoms with Crippen LogP contribution in [-0.4, -0.2) is 22.6 Å². The van der Waals surface area contributed by atoms with Gasteiger partial charge in [-0.1, -0.05) is 19.9 Å². The van der Waals surface area contributed by atoms with Crippen molar-refractivity contribution in [2.24, 2.45) is 0 Å². The monoisotopic (exact) mass is 191 g/mol. The zero-order chi connectivity index (χ0) is 10.4. The maximum absolute atomic E-state index is 4.26. The number of nitrogens with zero attached hydrogens (tertiary/aromatic N) is 2. The third-order valence-electron chi connectivity index (χ3n) is 1.73. The summed E-state index contributed by atoms with van der Waals surface area (Å²) in [4.78, 5) is 8.30. The summed E-state index contributed by atoms with van der Waals surface area (Å²) in [6.45, 7) is 7.02. The summed E-state index contributed by atoms with van der Waals surface area (Å²) < 4.78 is 0. The molecule has 0 aromatic carbocycles. The molecule has 0 aliphatic heterocycles. The Morgan fingerprint density at radius 1 is 1.50 bits per heavy atom. The van der Waals surface area contributed by atoms with Crippen molar-refractivity contribution < 1.29 is 0 Å². The van der Waals surface area contributed by atoms with E-state index in [1.807, 2.05) is 19.1 Å². The first-order valence-corrected chi connectivity index (χ1v) is 4.88. The molecule has 1 heterocycles. The standard InChI is InChI=1S/C11H17N3/c1-9(2)12-7-4-5-11-6-8-13-10(3)14-11/h4-6,8-9,12H,7H2,1-3H3/b5-4+. The third kappa shape index (κ3) is 4.14. The molecule has 1 aromatic heterocycles. The lowest BCUT2D eigenvalue weighted by Gasteiger charge is -2.03. The smallest absolute Gasteiger partial charge is 0.125 e. The first-order chi connectivity index (χ1) is 6.68. The lowest BCUT2D eigenvalue weighted by atomic mass is 10.3. The molecule has 0 fully saturated rings. The van der Waals surface area contributed by atoms with Crippen molar-refractivity contribution in [3.63, 3.8) is 0 Å². The van der Waals surface area contributed by atoms with Crippen LogP contribution in [0.5, 0.6) is 0 Å². The van der Waals surface area contributed by atoms with Gasteiger partial charge in [0.1, 0.15) is 5.82 Å². The Hall–Kier alpha value is -1.22. The lowest BCUT2D eigenvalue weighted by Crippen LogP contribution is -2.22. The maximum Gasteiger partial charge on any atom is 0.125 e. The van der Waals surface area contributed by atoms with Crippen molar-refractivity contribution >= 4 is 6.08 Å². The average molecular weight is 191 g/mol. The van der Waals surface area contributed by atoms with E-state index in [2.05, 4.69) is 35.2 Å². The predicted molar refractivity (Wildman–Crippen MR) is 58.9 cm³/mol. The summed E-state index contributed by atoms with van der Waals surface area (Å²) in [7, 11) is 0. The molecule has 0 saturated carbocycles. The van der Waals surface area contributed by atoms with E-state index in [9.17, 15) is 0 Å². The highest BCUT2D eigenvalue weighted by Gasteiger charge is 1.90. The van der Waals surface area contributed by atoms with Crippen LogP contribution in [0.4, 0.5) is 0 Å². The molecular weight excluding hydrogens is 174 g/mol. The quantitative estimate of drug-likeness (QED) is 0.788. The van der Waals surface area contributed by atoms with Gasteiger partial charge in [0.2, 0.25) is 0 Å². The molecule has 76 valence electrons. The van der Waals surface area contributed by atoms with Gasteiger partial charge < -0.3 is 5.32 Å². The van der Waals surface area contributed by atoms with Crippen LogP contribution in [0.3, 0.4) is 0 Å². The largest absolute Gasteiger partial charge is 0.311 e. The predicted octanol–water partition coefficient (Wildman–Crippen LogP) is 1.80. The van der Waals surface area contributed by atoms with Crippen LogP contribution >= 0.6 is 0 Å². The van der Waals surface area contributed by atoms with Crippen LogP contribution in [0, 0.1) is 6.92 Å². The molecule has 3 nitrogen and oxygen atoms in total. The molecule has 0 saturated heterocycles. The van der Waals surface area contributed by atoms with Crippen molar-refractivity contribution in [2.45, 2.75) is 26.8 Å². The molecule has 0 amide bonds. The maximum atomic E-state index is 4.26. The van der Waals surface area contributed by atoms with E-state index < -0.39 is 0 Å². The molecule has 0 aliphatic rings. The van der Waals surface area contributed by atoms with E-state index in [0.717, 1.165) is 18.1 Å².